The Morgan fingerprint density at radius 3 is 2.33 bits per heavy atom. The molecule has 0 spiro atoms. The Kier molecular flexibility index (Phi) is 5.58. The van der Waals surface area contributed by atoms with Gasteiger partial charge in [-0.2, -0.15) is 13.2 Å². The number of nitrogens with zero attached hydrogens (tertiary/aromatic N) is 1. The third kappa shape index (κ3) is 4.59. The van der Waals surface area contributed by atoms with Crippen LogP contribution in [0.3, 0.4) is 0 Å². The molecule has 0 aliphatic carbocycles. The summed E-state index contributed by atoms with van der Waals surface area (Å²) in [5.41, 5.74) is 0.932. The smallest absolute Gasteiger partial charge is 0.416 e. The highest BCUT2D eigenvalue weighted by atomic mass is 19.4. The summed E-state index contributed by atoms with van der Waals surface area (Å²) in [4.78, 5) is 15.0. The van der Waals surface area contributed by atoms with Gasteiger partial charge in [0.05, 0.1) is 5.56 Å². The maximum Gasteiger partial charge on any atom is 0.416 e. The fourth-order valence-corrected chi connectivity index (χ4v) is 4.47. The lowest BCUT2D eigenvalue weighted by atomic mass is 9.97. The van der Waals surface area contributed by atoms with Crippen LogP contribution in [0.2, 0.25) is 0 Å². The maximum absolute atomic E-state index is 12.8. The van der Waals surface area contributed by atoms with Gasteiger partial charge in [-0.25, -0.2) is 0 Å². The number of ketones is 1. The van der Waals surface area contributed by atoms with Crippen molar-refractivity contribution < 1.29 is 27.4 Å². The minimum atomic E-state index is -4.32. The third-order valence-electron chi connectivity index (χ3n) is 6.31. The van der Waals surface area contributed by atoms with Crippen LogP contribution in [0.4, 0.5) is 13.2 Å². The van der Waals surface area contributed by atoms with Crippen molar-refractivity contribution in [2.45, 2.75) is 24.9 Å². The van der Waals surface area contributed by atoms with Gasteiger partial charge in [-0.3, -0.25) is 4.79 Å². The summed E-state index contributed by atoms with van der Waals surface area (Å²) in [6, 6.07) is 14.8. The van der Waals surface area contributed by atoms with E-state index < -0.39 is 11.7 Å². The number of Topliss-reactive ketones (excluding diaryl/α,β-unsaturated/α-hetero) is 1. The molecule has 0 saturated carbocycles. The molecule has 7 heteroatoms. The van der Waals surface area contributed by atoms with Crippen LogP contribution in [-0.2, 0) is 6.18 Å². The first-order valence-electron chi connectivity index (χ1n) is 10.9. The molecule has 0 N–H and O–H groups in total. The minimum Gasteiger partial charge on any atom is -0.458 e. The van der Waals surface area contributed by atoms with Crippen molar-refractivity contribution in [1.29, 1.82) is 0 Å². The van der Waals surface area contributed by atoms with Crippen molar-refractivity contribution in [3.8, 4) is 11.5 Å². The lowest BCUT2D eigenvalue weighted by Crippen LogP contribution is -2.23. The van der Waals surface area contributed by atoms with Crippen molar-refractivity contribution in [3.05, 3.63) is 83.8 Å². The van der Waals surface area contributed by atoms with Gasteiger partial charge in [0.2, 0.25) is 0 Å². The summed E-state index contributed by atoms with van der Waals surface area (Å²) in [6.07, 6.45) is -0.111. The first kappa shape index (κ1) is 21.5. The van der Waals surface area contributed by atoms with Gasteiger partial charge in [0.1, 0.15) is 12.5 Å². The highest BCUT2D eigenvalue weighted by Gasteiger charge is 2.31. The predicted molar refractivity (Wildman–Crippen MR) is 119 cm³/mol. The topological polar surface area (TPSA) is 38.8 Å². The highest BCUT2D eigenvalue weighted by molar-refractivity contribution is 6.00. The van der Waals surface area contributed by atoms with Gasteiger partial charge in [0.25, 0.3) is 0 Å². The Bertz CT molecular complexity index is 1220. The molecule has 0 aromatic heterocycles. The molecule has 3 aromatic carbocycles. The molecule has 0 radical (unpaired) electrons. The van der Waals surface area contributed by atoms with E-state index in [0.29, 0.717) is 30.0 Å². The molecule has 1 fully saturated rings. The van der Waals surface area contributed by atoms with Crippen molar-refractivity contribution in [1.82, 2.24) is 4.90 Å². The van der Waals surface area contributed by atoms with Crippen LogP contribution in [0.25, 0.3) is 10.8 Å². The molecular formula is C26H22F3NO3. The molecule has 2 heterocycles. The number of hydrogen-bond donors (Lipinski definition) is 0. The zero-order valence-corrected chi connectivity index (χ0v) is 17.8. The van der Waals surface area contributed by atoms with E-state index in [2.05, 4.69) is 4.90 Å². The van der Waals surface area contributed by atoms with Crippen molar-refractivity contribution in [3.63, 3.8) is 0 Å². The normalized spacial score (nSPS) is 18.1. The molecule has 1 unspecified atom stereocenters. The van der Waals surface area contributed by atoms with Gasteiger partial charge in [-0.05, 0) is 65.6 Å². The summed E-state index contributed by atoms with van der Waals surface area (Å²) >= 11 is 0. The van der Waals surface area contributed by atoms with Crippen LogP contribution >= 0.6 is 0 Å². The Hall–Kier alpha value is -3.32. The van der Waals surface area contributed by atoms with Crippen LogP contribution in [0, 0.1) is 0 Å². The number of ether oxygens (including phenoxy) is 2. The monoisotopic (exact) mass is 453 g/mol. The van der Waals surface area contributed by atoms with Gasteiger partial charge >= 0.3 is 6.18 Å². The Morgan fingerprint density at radius 2 is 1.64 bits per heavy atom. The molecular weight excluding hydrogens is 431 g/mol. The van der Waals surface area contributed by atoms with E-state index in [1.54, 1.807) is 12.1 Å². The zero-order chi connectivity index (χ0) is 23.0. The van der Waals surface area contributed by atoms with E-state index >= 15 is 0 Å². The lowest BCUT2D eigenvalue weighted by Gasteiger charge is -2.16. The number of rotatable bonds is 5. The summed E-state index contributed by atoms with van der Waals surface area (Å²) in [6.45, 7) is 2.20. The molecule has 170 valence electrons. The fourth-order valence-electron chi connectivity index (χ4n) is 4.47. The molecule has 33 heavy (non-hydrogen) atoms. The van der Waals surface area contributed by atoms with Crippen molar-refractivity contribution >= 4 is 16.6 Å². The number of fused-ring (bicyclic) bond motifs is 2. The molecule has 1 atom stereocenters. The molecule has 1 saturated heterocycles. The van der Waals surface area contributed by atoms with E-state index in [9.17, 15) is 18.0 Å². The Labute approximate surface area is 189 Å². The summed E-state index contributed by atoms with van der Waals surface area (Å²) in [5, 5.41) is 1.87. The minimum absolute atomic E-state index is 0.0599. The number of alkyl halides is 3. The van der Waals surface area contributed by atoms with Gasteiger partial charge in [0, 0.05) is 25.1 Å². The summed E-state index contributed by atoms with van der Waals surface area (Å²) < 4.78 is 49.2. The largest absolute Gasteiger partial charge is 0.458 e. The van der Waals surface area contributed by atoms with E-state index in [0.717, 1.165) is 48.0 Å². The number of halogens is 3. The van der Waals surface area contributed by atoms with E-state index in [1.165, 1.54) is 12.5 Å². The van der Waals surface area contributed by atoms with Crippen LogP contribution < -0.4 is 9.47 Å². The molecule has 2 aliphatic rings. The van der Waals surface area contributed by atoms with Crippen molar-refractivity contribution in [2.24, 2.45) is 0 Å². The van der Waals surface area contributed by atoms with E-state index in [4.69, 9.17) is 9.47 Å². The number of hydrogen-bond acceptors (Lipinski definition) is 4. The van der Waals surface area contributed by atoms with Crippen molar-refractivity contribution in [2.75, 3.05) is 19.6 Å². The first-order valence-corrected chi connectivity index (χ1v) is 10.9. The number of carbonyl (C=O) groups excluding carboxylic acids is 1. The average molecular weight is 453 g/mol. The molecule has 0 amide bonds. The number of likely N-dealkylation sites (tertiary alicyclic amines) is 1. The fraction of sp³-hybridized carbons (Fsp3) is 0.269. The van der Waals surface area contributed by atoms with Crippen LogP contribution in [0.15, 0.2) is 67.1 Å². The predicted octanol–water partition coefficient (Wildman–Crippen LogP) is 6.16. The molecule has 5 rings (SSSR count). The molecule has 4 nitrogen and oxygen atoms in total. The SMILES string of the molecule is O=C(CCN1CCC(c2ccc(C(F)(F)F)cc2)C1)c1ccc2cc3c(cc2c1)OC=CO3. The Morgan fingerprint density at radius 1 is 0.939 bits per heavy atom. The van der Waals surface area contributed by atoms with E-state index in [1.807, 2.05) is 30.3 Å². The quantitative estimate of drug-likeness (QED) is 0.434. The second kappa shape index (κ2) is 8.56. The molecule has 2 aliphatic heterocycles. The third-order valence-corrected chi connectivity index (χ3v) is 6.31. The Balaban J connectivity index is 1.19. The molecule has 3 aromatic rings. The zero-order valence-electron chi connectivity index (χ0n) is 17.8. The van der Waals surface area contributed by atoms with E-state index in [-0.39, 0.29) is 11.7 Å². The number of benzene rings is 3. The second-order valence-corrected chi connectivity index (χ2v) is 8.45. The van der Waals surface area contributed by atoms with Crippen LogP contribution in [-0.4, -0.2) is 30.3 Å². The highest BCUT2D eigenvalue weighted by Crippen LogP contribution is 2.35. The van der Waals surface area contributed by atoms with Gasteiger partial charge < -0.3 is 14.4 Å². The lowest BCUT2D eigenvalue weighted by molar-refractivity contribution is -0.137. The van der Waals surface area contributed by atoms with Crippen LogP contribution in [0.1, 0.15) is 40.2 Å². The van der Waals surface area contributed by atoms with Gasteiger partial charge in [-0.1, -0.05) is 24.3 Å². The van der Waals surface area contributed by atoms with Gasteiger partial charge in [0.15, 0.2) is 17.3 Å². The second-order valence-electron chi connectivity index (χ2n) is 8.45. The van der Waals surface area contributed by atoms with Crippen LogP contribution in [0.5, 0.6) is 11.5 Å². The maximum atomic E-state index is 12.8. The number of carbonyl (C=O) groups is 1. The average Bonchev–Trinajstić information content (AvgIpc) is 3.29. The molecule has 0 bridgehead atoms. The standard InChI is InChI=1S/C26H22F3NO3/c27-26(28,29)22-5-3-17(4-6-22)20-7-9-30(16-20)10-8-23(31)19-2-1-18-14-24-25(15-21(18)13-19)33-12-11-32-24/h1-6,11-15,20H,7-10,16H2. The summed E-state index contributed by atoms with van der Waals surface area (Å²) in [5.74, 6) is 1.50. The first-order chi connectivity index (χ1) is 15.9. The van der Waals surface area contributed by atoms with Gasteiger partial charge in [-0.15, -0.1) is 0 Å². The summed E-state index contributed by atoms with van der Waals surface area (Å²) in [7, 11) is 0.